The third kappa shape index (κ3) is 4.34. The first-order valence-electron chi connectivity index (χ1n) is 9.39. The van der Waals surface area contributed by atoms with Gasteiger partial charge in [-0.3, -0.25) is 14.2 Å². The number of carbonyl (C=O) groups excluding carboxylic acids is 1. The minimum absolute atomic E-state index is 0.0502. The maximum absolute atomic E-state index is 14.5. The van der Waals surface area contributed by atoms with E-state index in [0.29, 0.717) is 22.2 Å². The van der Waals surface area contributed by atoms with Crippen molar-refractivity contribution in [2.75, 3.05) is 11.1 Å². The molecule has 8 heteroatoms. The second-order valence-electron chi connectivity index (χ2n) is 6.80. The van der Waals surface area contributed by atoms with Crippen LogP contribution in [0.15, 0.2) is 76.7 Å². The number of nitrogens with zero attached hydrogens (tertiary/aromatic N) is 2. The van der Waals surface area contributed by atoms with Crippen LogP contribution in [0.2, 0.25) is 0 Å². The van der Waals surface area contributed by atoms with Crippen molar-refractivity contribution in [1.29, 1.82) is 0 Å². The highest BCUT2D eigenvalue weighted by molar-refractivity contribution is 7.99. The number of aromatic nitrogens is 2. The average Bonchev–Trinajstić information content (AvgIpc) is 2.76. The Morgan fingerprint density at radius 1 is 1.03 bits per heavy atom. The van der Waals surface area contributed by atoms with Crippen LogP contribution >= 0.6 is 11.8 Å². The van der Waals surface area contributed by atoms with Gasteiger partial charge in [0.15, 0.2) is 5.16 Å². The predicted molar refractivity (Wildman–Crippen MR) is 118 cm³/mol. The van der Waals surface area contributed by atoms with Gasteiger partial charge < -0.3 is 5.32 Å². The molecule has 3 aromatic carbocycles. The van der Waals surface area contributed by atoms with Gasteiger partial charge in [-0.1, -0.05) is 42.1 Å². The van der Waals surface area contributed by atoms with E-state index in [0.717, 1.165) is 11.8 Å². The summed E-state index contributed by atoms with van der Waals surface area (Å²) in [7, 11) is 0. The first kappa shape index (κ1) is 20.7. The van der Waals surface area contributed by atoms with Crippen LogP contribution in [0.4, 0.5) is 14.5 Å². The zero-order valence-electron chi connectivity index (χ0n) is 16.4. The molecular formula is C23H17F2N3O2S. The van der Waals surface area contributed by atoms with Crippen molar-refractivity contribution in [1.82, 2.24) is 9.55 Å². The van der Waals surface area contributed by atoms with E-state index in [1.54, 1.807) is 49.4 Å². The monoisotopic (exact) mass is 437 g/mol. The molecule has 4 rings (SSSR count). The quantitative estimate of drug-likeness (QED) is 0.363. The Kier molecular flexibility index (Phi) is 5.81. The number of benzene rings is 3. The summed E-state index contributed by atoms with van der Waals surface area (Å²) < 4.78 is 29.4. The minimum atomic E-state index is -0.580. The highest BCUT2D eigenvalue weighted by Crippen LogP contribution is 2.23. The van der Waals surface area contributed by atoms with Gasteiger partial charge in [-0.05, 0) is 48.9 Å². The molecule has 0 spiro atoms. The van der Waals surface area contributed by atoms with Crippen LogP contribution in [0.5, 0.6) is 0 Å². The molecular weight excluding hydrogens is 420 g/mol. The molecule has 0 saturated heterocycles. The molecule has 0 radical (unpaired) electrons. The zero-order chi connectivity index (χ0) is 22.0. The number of anilines is 1. The molecule has 0 atom stereocenters. The summed E-state index contributed by atoms with van der Waals surface area (Å²) in [5, 5.41) is 3.14. The van der Waals surface area contributed by atoms with Gasteiger partial charge >= 0.3 is 0 Å². The molecule has 0 fully saturated rings. The fourth-order valence-corrected chi connectivity index (χ4v) is 3.86. The van der Waals surface area contributed by atoms with E-state index in [4.69, 9.17) is 0 Å². The van der Waals surface area contributed by atoms with Gasteiger partial charge in [0.05, 0.1) is 22.3 Å². The van der Waals surface area contributed by atoms with E-state index < -0.39 is 23.1 Å². The third-order valence-corrected chi connectivity index (χ3v) is 5.56. The standard InChI is InChI=1S/C23H17F2N3O2S/c1-14-10-11-15(12-18(14)25)26-21(29)13-31-23-27-19-8-4-2-6-16(19)22(30)28(23)20-9-5-3-7-17(20)24/h2-12H,13H2,1H3,(H,26,29). The van der Waals surface area contributed by atoms with E-state index in [2.05, 4.69) is 10.3 Å². The summed E-state index contributed by atoms with van der Waals surface area (Å²) in [6, 6.07) is 17.0. The van der Waals surface area contributed by atoms with Crippen LogP contribution in [0.25, 0.3) is 16.6 Å². The number of carbonyl (C=O) groups is 1. The van der Waals surface area contributed by atoms with Crippen molar-refractivity contribution in [2.24, 2.45) is 0 Å². The van der Waals surface area contributed by atoms with E-state index in [1.807, 2.05) is 0 Å². The van der Waals surface area contributed by atoms with Gasteiger partial charge in [0.1, 0.15) is 11.6 Å². The summed E-state index contributed by atoms with van der Waals surface area (Å²) >= 11 is 0.994. The normalized spacial score (nSPS) is 10.9. The number of nitrogens with one attached hydrogen (secondary N) is 1. The Morgan fingerprint density at radius 3 is 2.55 bits per heavy atom. The van der Waals surface area contributed by atoms with E-state index in [-0.39, 0.29) is 16.6 Å². The molecule has 0 aliphatic rings. The Balaban J connectivity index is 1.67. The molecule has 1 amide bonds. The lowest BCUT2D eigenvalue weighted by atomic mass is 10.2. The number of rotatable bonds is 5. The highest BCUT2D eigenvalue weighted by atomic mass is 32.2. The van der Waals surface area contributed by atoms with Crippen molar-refractivity contribution in [2.45, 2.75) is 12.1 Å². The van der Waals surface area contributed by atoms with Crippen LogP contribution in [0.1, 0.15) is 5.56 Å². The maximum Gasteiger partial charge on any atom is 0.266 e. The molecule has 31 heavy (non-hydrogen) atoms. The fourth-order valence-electron chi connectivity index (χ4n) is 3.05. The largest absolute Gasteiger partial charge is 0.325 e. The lowest BCUT2D eigenvalue weighted by Crippen LogP contribution is -2.23. The second-order valence-corrected chi connectivity index (χ2v) is 7.75. The summed E-state index contributed by atoms with van der Waals surface area (Å²) in [6.07, 6.45) is 0. The Bertz CT molecular complexity index is 1350. The summed E-state index contributed by atoms with van der Waals surface area (Å²) in [5.41, 5.74) is 0.866. The Hall–Kier alpha value is -3.52. The third-order valence-electron chi connectivity index (χ3n) is 4.63. The van der Waals surface area contributed by atoms with Gasteiger partial charge in [-0.25, -0.2) is 13.8 Å². The molecule has 4 aromatic rings. The Labute approximate surface area is 180 Å². The number of amides is 1. The molecule has 5 nitrogen and oxygen atoms in total. The van der Waals surface area contributed by atoms with E-state index in [9.17, 15) is 18.4 Å². The zero-order valence-corrected chi connectivity index (χ0v) is 17.2. The summed E-state index contributed by atoms with van der Waals surface area (Å²) in [5.74, 6) is -1.51. The number of halogens is 2. The van der Waals surface area contributed by atoms with Crippen molar-refractivity contribution < 1.29 is 13.6 Å². The number of fused-ring (bicyclic) bond motifs is 1. The van der Waals surface area contributed by atoms with Gasteiger partial charge in [0, 0.05) is 5.69 Å². The molecule has 1 N–H and O–H groups in total. The van der Waals surface area contributed by atoms with Gasteiger partial charge in [-0.2, -0.15) is 0 Å². The molecule has 0 unspecified atom stereocenters. The van der Waals surface area contributed by atoms with Crippen molar-refractivity contribution in [3.8, 4) is 5.69 Å². The predicted octanol–water partition coefficient (Wildman–Crippen LogP) is 4.70. The van der Waals surface area contributed by atoms with Crippen LogP contribution in [0.3, 0.4) is 0 Å². The summed E-state index contributed by atoms with van der Waals surface area (Å²) in [4.78, 5) is 30.0. The molecule has 0 aliphatic carbocycles. The average molecular weight is 437 g/mol. The number of aryl methyl sites for hydroxylation is 1. The molecule has 0 aliphatic heterocycles. The van der Waals surface area contributed by atoms with Crippen LogP contribution in [-0.4, -0.2) is 21.2 Å². The van der Waals surface area contributed by atoms with Gasteiger partial charge in [0.2, 0.25) is 5.91 Å². The van der Waals surface area contributed by atoms with Gasteiger partial charge in [0.25, 0.3) is 5.56 Å². The van der Waals surface area contributed by atoms with Crippen molar-refractivity contribution >= 4 is 34.3 Å². The smallest absolute Gasteiger partial charge is 0.266 e. The van der Waals surface area contributed by atoms with Crippen molar-refractivity contribution in [3.05, 3.63) is 94.3 Å². The molecule has 1 heterocycles. The van der Waals surface area contributed by atoms with Crippen molar-refractivity contribution in [3.63, 3.8) is 0 Å². The minimum Gasteiger partial charge on any atom is -0.325 e. The topological polar surface area (TPSA) is 64.0 Å². The van der Waals surface area contributed by atoms with Crippen LogP contribution in [0, 0.1) is 18.6 Å². The SMILES string of the molecule is Cc1ccc(NC(=O)CSc2nc3ccccc3c(=O)n2-c2ccccc2F)cc1F. The highest BCUT2D eigenvalue weighted by Gasteiger charge is 2.17. The first-order chi connectivity index (χ1) is 14.9. The van der Waals surface area contributed by atoms with E-state index in [1.165, 1.54) is 28.8 Å². The van der Waals surface area contributed by atoms with Crippen LogP contribution in [-0.2, 0) is 4.79 Å². The first-order valence-corrected chi connectivity index (χ1v) is 10.4. The second kappa shape index (κ2) is 8.69. The van der Waals surface area contributed by atoms with E-state index >= 15 is 0 Å². The number of para-hydroxylation sites is 2. The lowest BCUT2D eigenvalue weighted by Gasteiger charge is -2.14. The molecule has 1 aromatic heterocycles. The fraction of sp³-hybridized carbons (Fsp3) is 0.0870. The Morgan fingerprint density at radius 2 is 1.77 bits per heavy atom. The number of hydrogen-bond donors (Lipinski definition) is 1. The molecule has 0 bridgehead atoms. The number of thioether (sulfide) groups is 1. The maximum atomic E-state index is 14.5. The summed E-state index contributed by atoms with van der Waals surface area (Å²) in [6.45, 7) is 1.63. The lowest BCUT2D eigenvalue weighted by molar-refractivity contribution is -0.113. The molecule has 0 saturated carbocycles. The number of hydrogen-bond acceptors (Lipinski definition) is 4. The molecule has 156 valence electrons. The van der Waals surface area contributed by atoms with Gasteiger partial charge in [-0.15, -0.1) is 0 Å². The van der Waals surface area contributed by atoms with Crippen LogP contribution < -0.4 is 10.9 Å².